The molecule has 1 aliphatic carbocycles. The molecule has 5 aliphatic heterocycles. The van der Waals surface area contributed by atoms with Crippen LogP contribution in [0.25, 0.3) is 0 Å². The van der Waals surface area contributed by atoms with Crippen LogP contribution in [-0.4, -0.2) is 60.6 Å². The quantitative estimate of drug-likeness (QED) is 0.523. The molecule has 5 heterocycles. The van der Waals surface area contributed by atoms with Gasteiger partial charge >= 0.3 is 11.9 Å². The molecule has 5 fully saturated rings. The van der Waals surface area contributed by atoms with Gasteiger partial charge in [-0.1, -0.05) is 29.8 Å². The molecular formula is C25H28N2O5. The summed E-state index contributed by atoms with van der Waals surface area (Å²) in [7, 11) is 1.42. The number of nitrogens with zero attached hydrogens (tertiary/aromatic N) is 2. The topological polar surface area (TPSA) is 76.2 Å². The maximum Gasteiger partial charge on any atom is 0.317 e. The van der Waals surface area contributed by atoms with Crippen LogP contribution in [0.3, 0.4) is 0 Å². The summed E-state index contributed by atoms with van der Waals surface area (Å²) in [6.07, 6.45) is 2.81. The summed E-state index contributed by atoms with van der Waals surface area (Å²) in [6, 6.07) is 7.75. The molecule has 0 aromatic heterocycles. The van der Waals surface area contributed by atoms with Crippen molar-refractivity contribution in [2.75, 3.05) is 18.6 Å². The normalized spacial score (nSPS) is 43.2. The Bertz CT molecular complexity index is 1100. The number of esters is 2. The molecule has 6 aliphatic rings. The second-order valence-electron chi connectivity index (χ2n) is 9.92. The lowest BCUT2D eigenvalue weighted by Crippen LogP contribution is -2.72. The van der Waals surface area contributed by atoms with E-state index < -0.39 is 22.9 Å². The highest BCUT2D eigenvalue weighted by atomic mass is 16.6. The van der Waals surface area contributed by atoms with Crippen molar-refractivity contribution in [2.45, 2.75) is 63.3 Å². The summed E-state index contributed by atoms with van der Waals surface area (Å²) in [4.78, 5) is 43.6. The average Bonchev–Trinajstić information content (AvgIpc) is 3.21. The Balaban J connectivity index is 1.70. The van der Waals surface area contributed by atoms with Gasteiger partial charge in [-0.05, 0) is 31.4 Å². The number of hydrogen-bond acceptors (Lipinski definition) is 6. The third kappa shape index (κ3) is 1.92. The Kier molecular flexibility index (Phi) is 3.88. The first-order valence-electron chi connectivity index (χ1n) is 11.4. The Morgan fingerprint density at radius 3 is 2.59 bits per heavy atom. The van der Waals surface area contributed by atoms with Crippen molar-refractivity contribution in [3.8, 4) is 0 Å². The first-order valence-corrected chi connectivity index (χ1v) is 11.4. The monoisotopic (exact) mass is 436 g/mol. The molecule has 1 amide bonds. The number of amides is 1. The molecule has 0 radical (unpaired) electrons. The number of piperidine rings is 4. The summed E-state index contributed by atoms with van der Waals surface area (Å²) >= 11 is 0. The summed E-state index contributed by atoms with van der Waals surface area (Å²) < 4.78 is 11.6. The van der Waals surface area contributed by atoms with E-state index in [1.807, 2.05) is 36.1 Å². The van der Waals surface area contributed by atoms with Crippen LogP contribution in [0, 0.1) is 11.3 Å². The molecule has 8 atom stereocenters. The Morgan fingerprint density at radius 2 is 1.94 bits per heavy atom. The molecule has 32 heavy (non-hydrogen) atoms. The van der Waals surface area contributed by atoms with E-state index in [1.54, 1.807) is 6.92 Å². The molecule has 7 heteroatoms. The summed E-state index contributed by atoms with van der Waals surface area (Å²) in [6.45, 7) is 5.79. The van der Waals surface area contributed by atoms with E-state index in [2.05, 4.69) is 11.0 Å². The van der Waals surface area contributed by atoms with Crippen LogP contribution in [0.5, 0.6) is 0 Å². The van der Waals surface area contributed by atoms with Crippen LogP contribution in [0.2, 0.25) is 0 Å². The number of methoxy groups -OCH3 is 1. The van der Waals surface area contributed by atoms with E-state index in [0.29, 0.717) is 6.42 Å². The molecule has 4 saturated heterocycles. The Labute approximate surface area is 187 Å². The lowest BCUT2D eigenvalue weighted by molar-refractivity contribution is -0.187. The molecule has 1 spiro atoms. The van der Waals surface area contributed by atoms with E-state index >= 15 is 0 Å². The van der Waals surface area contributed by atoms with E-state index in [-0.39, 0.29) is 35.9 Å². The van der Waals surface area contributed by atoms with Crippen LogP contribution in [0.15, 0.2) is 35.9 Å². The van der Waals surface area contributed by atoms with Crippen molar-refractivity contribution < 1.29 is 23.9 Å². The molecule has 8 unspecified atom stereocenters. The van der Waals surface area contributed by atoms with Gasteiger partial charge in [0.1, 0.15) is 11.5 Å². The molecular weight excluding hydrogens is 408 g/mol. The fourth-order valence-corrected chi connectivity index (χ4v) is 8.37. The van der Waals surface area contributed by atoms with E-state index in [9.17, 15) is 14.4 Å². The predicted molar refractivity (Wildman–Crippen MR) is 116 cm³/mol. The highest BCUT2D eigenvalue weighted by molar-refractivity contribution is 5.97. The standard InChI is InChI=1S/C25H28N2O5/c1-5-15-12-26-19-10-17(15)25(23(30)31-4)20(26)11-24(22(25)32-14(3)29)16-8-6-7-9-18(16)27(13(2)28)21(19)24/h5-9,17,19-22H,10-12H2,1-4H3/b15-5+. The predicted octanol–water partition coefficient (Wildman–Crippen LogP) is 2.19. The summed E-state index contributed by atoms with van der Waals surface area (Å²) in [5.74, 6) is -0.813. The number of ether oxygens (including phenoxy) is 2. The van der Waals surface area contributed by atoms with Crippen molar-refractivity contribution in [3.05, 3.63) is 41.5 Å². The molecule has 1 aromatic carbocycles. The minimum absolute atomic E-state index is 0.0230. The average molecular weight is 437 g/mol. The van der Waals surface area contributed by atoms with Crippen LogP contribution < -0.4 is 4.90 Å². The molecule has 7 nitrogen and oxygen atoms in total. The molecule has 5 bridgehead atoms. The maximum atomic E-state index is 13.7. The highest BCUT2D eigenvalue weighted by Gasteiger charge is 2.84. The molecule has 0 N–H and O–H groups in total. The number of anilines is 1. The van der Waals surface area contributed by atoms with Gasteiger partial charge in [0.25, 0.3) is 0 Å². The smallest absolute Gasteiger partial charge is 0.317 e. The first kappa shape index (κ1) is 20.0. The number of benzene rings is 1. The maximum absolute atomic E-state index is 13.7. The van der Waals surface area contributed by atoms with Crippen molar-refractivity contribution in [2.24, 2.45) is 11.3 Å². The summed E-state index contributed by atoms with van der Waals surface area (Å²) in [5, 5.41) is 0. The van der Waals surface area contributed by atoms with Gasteiger partial charge in [-0.15, -0.1) is 0 Å². The number of hydrogen-bond donors (Lipinski definition) is 0. The SMILES string of the molecule is C/C=C1\CN2C3CC1C1(C(=O)OC)C2CC2(c4ccccc4N(C(C)=O)C32)C1OC(C)=O. The Morgan fingerprint density at radius 1 is 1.19 bits per heavy atom. The van der Waals surface area contributed by atoms with Gasteiger partial charge in [-0.3, -0.25) is 19.3 Å². The number of para-hydroxylation sites is 1. The third-order valence-electron chi connectivity index (χ3n) is 9.05. The van der Waals surface area contributed by atoms with Crippen molar-refractivity contribution in [3.63, 3.8) is 0 Å². The highest BCUT2D eigenvalue weighted by Crippen LogP contribution is 2.73. The zero-order valence-electron chi connectivity index (χ0n) is 18.8. The lowest BCUT2D eigenvalue weighted by atomic mass is 9.58. The summed E-state index contributed by atoms with van der Waals surface area (Å²) in [5.41, 5.74) is 1.47. The third-order valence-corrected chi connectivity index (χ3v) is 9.05. The largest absolute Gasteiger partial charge is 0.468 e. The number of fused-ring (bicyclic) bond motifs is 2. The lowest BCUT2D eigenvalue weighted by Gasteiger charge is -2.61. The number of allylic oxidation sites excluding steroid dienone is 1. The number of carbonyl (C=O) groups is 3. The van der Waals surface area contributed by atoms with Crippen molar-refractivity contribution in [1.29, 1.82) is 0 Å². The number of rotatable bonds is 2. The van der Waals surface area contributed by atoms with E-state index in [4.69, 9.17) is 9.47 Å². The second-order valence-corrected chi connectivity index (χ2v) is 9.92. The Hall–Kier alpha value is -2.67. The van der Waals surface area contributed by atoms with Gasteiger partial charge in [-0.25, -0.2) is 0 Å². The minimum atomic E-state index is -0.980. The van der Waals surface area contributed by atoms with Crippen LogP contribution in [-0.2, 0) is 29.3 Å². The number of carbonyl (C=O) groups excluding carboxylic acids is 3. The van der Waals surface area contributed by atoms with Gasteiger partial charge in [0, 0.05) is 44.1 Å². The van der Waals surface area contributed by atoms with Crippen molar-refractivity contribution in [1.82, 2.24) is 4.90 Å². The van der Waals surface area contributed by atoms with Crippen LogP contribution in [0.4, 0.5) is 5.69 Å². The zero-order valence-corrected chi connectivity index (χ0v) is 18.8. The van der Waals surface area contributed by atoms with Crippen LogP contribution >= 0.6 is 0 Å². The van der Waals surface area contributed by atoms with Gasteiger partial charge in [0.05, 0.1) is 18.6 Å². The van der Waals surface area contributed by atoms with Gasteiger partial charge < -0.3 is 14.4 Å². The van der Waals surface area contributed by atoms with Crippen molar-refractivity contribution >= 4 is 23.5 Å². The molecule has 1 saturated carbocycles. The van der Waals surface area contributed by atoms with Gasteiger partial charge in [0.15, 0.2) is 0 Å². The first-order chi connectivity index (χ1) is 15.3. The minimum Gasteiger partial charge on any atom is -0.468 e. The zero-order chi connectivity index (χ0) is 22.6. The van der Waals surface area contributed by atoms with Crippen LogP contribution in [0.1, 0.15) is 39.2 Å². The molecule has 1 aromatic rings. The van der Waals surface area contributed by atoms with Gasteiger partial charge in [0.2, 0.25) is 5.91 Å². The fourth-order valence-electron chi connectivity index (χ4n) is 8.37. The van der Waals surface area contributed by atoms with E-state index in [0.717, 1.165) is 24.2 Å². The fraction of sp³-hybridized carbons (Fsp3) is 0.560. The second kappa shape index (κ2) is 6.22. The van der Waals surface area contributed by atoms with E-state index in [1.165, 1.54) is 19.6 Å². The molecule has 7 rings (SSSR count). The molecule has 168 valence electrons. The van der Waals surface area contributed by atoms with Gasteiger partial charge in [-0.2, -0.15) is 0 Å².